The highest BCUT2D eigenvalue weighted by atomic mass is 16.1. The molecule has 0 aliphatic carbocycles. The van der Waals surface area contributed by atoms with Crippen LogP contribution in [0.15, 0.2) is 0 Å². The fourth-order valence-corrected chi connectivity index (χ4v) is 1.74. The fraction of sp³-hybridized carbons (Fsp3) is 0.889. The van der Waals surface area contributed by atoms with Crippen molar-refractivity contribution < 1.29 is 4.79 Å². The molecule has 0 unspecified atom stereocenters. The predicted molar refractivity (Wildman–Crippen MR) is 45.2 cm³/mol. The SMILES string of the molecule is CC(C)C[C@H]1CC(=O)N[C@H]1C. The molecule has 0 bridgehead atoms. The second-order valence-corrected chi connectivity index (χ2v) is 3.95. The van der Waals surface area contributed by atoms with Gasteiger partial charge in [0.05, 0.1) is 0 Å². The number of hydrogen-bond donors (Lipinski definition) is 1. The lowest BCUT2D eigenvalue weighted by atomic mass is 9.92. The highest BCUT2D eigenvalue weighted by Crippen LogP contribution is 2.23. The maximum atomic E-state index is 10.9. The van der Waals surface area contributed by atoms with Crippen molar-refractivity contribution in [1.29, 1.82) is 0 Å². The molecule has 1 fully saturated rings. The zero-order valence-electron chi connectivity index (χ0n) is 7.55. The summed E-state index contributed by atoms with van der Waals surface area (Å²) in [6.45, 7) is 6.50. The number of hydrogen-bond acceptors (Lipinski definition) is 1. The number of rotatable bonds is 2. The topological polar surface area (TPSA) is 29.1 Å². The van der Waals surface area contributed by atoms with Gasteiger partial charge in [0.25, 0.3) is 0 Å². The summed E-state index contributed by atoms with van der Waals surface area (Å²) in [5.74, 6) is 1.50. The normalized spacial score (nSPS) is 31.1. The van der Waals surface area contributed by atoms with E-state index in [9.17, 15) is 4.79 Å². The number of amides is 1. The molecule has 0 aromatic heterocycles. The van der Waals surface area contributed by atoms with Crippen molar-refractivity contribution in [2.75, 3.05) is 0 Å². The first-order valence-corrected chi connectivity index (χ1v) is 4.39. The minimum Gasteiger partial charge on any atom is -0.353 e. The van der Waals surface area contributed by atoms with Crippen molar-refractivity contribution in [3.05, 3.63) is 0 Å². The molecule has 2 nitrogen and oxygen atoms in total. The Bertz CT molecular complexity index is 154. The zero-order chi connectivity index (χ0) is 8.43. The maximum Gasteiger partial charge on any atom is 0.220 e. The molecule has 64 valence electrons. The first-order valence-electron chi connectivity index (χ1n) is 4.39. The second-order valence-electron chi connectivity index (χ2n) is 3.95. The minimum absolute atomic E-state index is 0.225. The van der Waals surface area contributed by atoms with Gasteiger partial charge in [-0.1, -0.05) is 13.8 Å². The molecule has 0 saturated carbocycles. The maximum absolute atomic E-state index is 10.9. The van der Waals surface area contributed by atoms with E-state index in [0.29, 0.717) is 17.9 Å². The summed E-state index contributed by atoms with van der Waals surface area (Å²) < 4.78 is 0. The van der Waals surface area contributed by atoms with E-state index in [-0.39, 0.29) is 5.91 Å². The Labute approximate surface area is 68.4 Å². The molecule has 0 aromatic rings. The van der Waals surface area contributed by atoms with E-state index < -0.39 is 0 Å². The minimum atomic E-state index is 0.225. The van der Waals surface area contributed by atoms with Gasteiger partial charge in [-0.15, -0.1) is 0 Å². The van der Waals surface area contributed by atoms with E-state index in [2.05, 4.69) is 26.1 Å². The number of carbonyl (C=O) groups is 1. The summed E-state index contributed by atoms with van der Waals surface area (Å²) in [5.41, 5.74) is 0. The molecule has 0 spiro atoms. The van der Waals surface area contributed by atoms with Crippen LogP contribution in [-0.2, 0) is 4.79 Å². The number of carbonyl (C=O) groups excluding carboxylic acids is 1. The lowest BCUT2D eigenvalue weighted by molar-refractivity contribution is -0.119. The van der Waals surface area contributed by atoms with E-state index >= 15 is 0 Å². The van der Waals surface area contributed by atoms with Crippen LogP contribution in [0.5, 0.6) is 0 Å². The standard InChI is InChI=1S/C9H17NO/c1-6(2)4-8-5-9(11)10-7(8)3/h6-8H,4-5H2,1-3H3,(H,10,11)/t7-,8-/m0/s1. The van der Waals surface area contributed by atoms with Crippen LogP contribution in [0.3, 0.4) is 0 Å². The van der Waals surface area contributed by atoms with Crippen LogP contribution in [0.2, 0.25) is 0 Å². The van der Waals surface area contributed by atoms with E-state index in [1.54, 1.807) is 0 Å². The number of nitrogens with one attached hydrogen (secondary N) is 1. The molecule has 0 aromatic carbocycles. The third kappa shape index (κ3) is 2.21. The zero-order valence-corrected chi connectivity index (χ0v) is 7.55. The third-order valence-corrected chi connectivity index (χ3v) is 2.32. The van der Waals surface area contributed by atoms with E-state index in [0.717, 1.165) is 6.42 Å². The Balaban J connectivity index is 2.40. The molecule has 1 amide bonds. The van der Waals surface area contributed by atoms with Crippen molar-refractivity contribution in [3.63, 3.8) is 0 Å². The summed E-state index contributed by atoms with van der Waals surface area (Å²) in [5, 5.41) is 2.93. The van der Waals surface area contributed by atoms with Gasteiger partial charge in [0.1, 0.15) is 0 Å². The summed E-state index contributed by atoms with van der Waals surface area (Å²) >= 11 is 0. The van der Waals surface area contributed by atoms with Crippen molar-refractivity contribution >= 4 is 5.91 Å². The van der Waals surface area contributed by atoms with Crippen LogP contribution < -0.4 is 5.32 Å². The Morgan fingerprint density at radius 2 is 2.27 bits per heavy atom. The van der Waals surface area contributed by atoms with Gasteiger partial charge in [-0.3, -0.25) is 4.79 Å². The van der Waals surface area contributed by atoms with Gasteiger partial charge in [-0.05, 0) is 25.2 Å². The van der Waals surface area contributed by atoms with Gasteiger partial charge in [0.15, 0.2) is 0 Å². The average Bonchev–Trinajstić information content (AvgIpc) is 2.09. The summed E-state index contributed by atoms with van der Waals surface area (Å²) in [6.07, 6.45) is 1.90. The quantitative estimate of drug-likeness (QED) is 0.644. The Morgan fingerprint density at radius 1 is 1.64 bits per heavy atom. The molecule has 1 aliphatic rings. The van der Waals surface area contributed by atoms with Crippen LogP contribution in [0.4, 0.5) is 0 Å². The van der Waals surface area contributed by atoms with Crippen LogP contribution in [-0.4, -0.2) is 11.9 Å². The van der Waals surface area contributed by atoms with Gasteiger partial charge in [0.2, 0.25) is 5.91 Å². The van der Waals surface area contributed by atoms with Crippen molar-refractivity contribution in [1.82, 2.24) is 5.32 Å². The Morgan fingerprint density at radius 3 is 2.64 bits per heavy atom. The summed E-state index contributed by atoms with van der Waals surface area (Å²) in [4.78, 5) is 10.9. The smallest absolute Gasteiger partial charge is 0.220 e. The molecule has 1 rings (SSSR count). The first kappa shape index (κ1) is 8.57. The fourth-order valence-electron chi connectivity index (χ4n) is 1.74. The van der Waals surface area contributed by atoms with E-state index in [1.165, 1.54) is 6.42 Å². The van der Waals surface area contributed by atoms with Gasteiger partial charge in [-0.25, -0.2) is 0 Å². The molecular weight excluding hydrogens is 138 g/mol. The lowest BCUT2D eigenvalue weighted by Crippen LogP contribution is -2.25. The van der Waals surface area contributed by atoms with Gasteiger partial charge >= 0.3 is 0 Å². The van der Waals surface area contributed by atoms with E-state index in [1.807, 2.05) is 0 Å². The molecule has 0 radical (unpaired) electrons. The molecule has 2 atom stereocenters. The predicted octanol–water partition coefficient (Wildman–Crippen LogP) is 1.56. The Hall–Kier alpha value is -0.530. The largest absolute Gasteiger partial charge is 0.353 e. The van der Waals surface area contributed by atoms with Gasteiger partial charge in [-0.2, -0.15) is 0 Å². The van der Waals surface area contributed by atoms with Crippen LogP contribution in [0.1, 0.15) is 33.6 Å². The molecule has 1 saturated heterocycles. The molecular formula is C9H17NO. The molecule has 11 heavy (non-hydrogen) atoms. The highest BCUT2D eigenvalue weighted by molar-refractivity contribution is 5.78. The summed E-state index contributed by atoms with van der Waals surface area (Å²) in [7, 11) is 0. The molecule has 2 heteroatoms. The second kappa shape index (κ2) is 3.24. The van der Waals surface area contributed by atoms with Crippen LogP contribution in [0, 0.1) is 11.8 Å². The highest BCUT2D eigenvalue weighted by Gasteiger charge is 2.28. The molecule has 1 aliphatic heterocycles. The van der Waals surface area contributed by atoms with Crippen molar-refractivity contribution in [2.45, 2.75) is 39.7 Å². The van der Waals surface area contributed by atoms with Gasteiger partial charge in [0, 0.05) is 12.5 Å². The summed E-state index contributed by atoms with van der Waals surface area (Å²) in [6, 6.07) is 0.393. The third-order valence-electron chi connectivity index (χ3n) is 2.32. The molecule has 1 heterocycles. The molecule has 1 N–H and O–H groups in total. The first-order chi connectivity index (χ1) is 5.09. The van der Waals surface area contributed by atoms with Gasteiger partial charge < -0.3 is 5.32 Å². The Kier molecular flexibility index (Phi) is 2.53. The van der Waals surface area contributed by atoms with Crippen molar-refractivity contribution in [2.24, 2.45) is 11.8 Å². The van der Waals surface area contributed by atoms with E-state index in [4.69, 9.17) is 0 Å². The average molecular weight is 155 g/mol. The van der Waals surface area contributed by atoms with Crippen LogP contribution >= 0.6 is 0 Å². The lowest BCUT2D eigenvalue weighted by Gasteiger charge is -2.15. The van der Waals surface area contributed by atoms with Crippen molar-refractivity contribution in [3.8, 4) is 0 Å². The van der Waals surface area contributed by atoms with Crippen LogP contribution in [0.25, 0.3) is 0 Å². The monoisotopic (exact) mass is 155 g/mol.